The molecular formula is C13H13F3N2O. The first-order valence-corrected chi connectivity index (χ1v) is 5.62. The van der Waals surface area contributed by atoms with Gasteiger partial charge in [0.2, 0.25) is 0 Å². The summed E-state index contributed by atoms with van der Waals surface area (Å²) in [4.78, 5) is 11.0. The summed E-state index contributed by atoms with van der Waals surface area (Å²) < 4.78 is 37.9. The van der Waals surface area contributed by atoms with E-state index in [1.807, 2.05) is 0 Å². The maximum absolute atomic E-state index is 12.6. The molecule has 0 saturated carbocycles. The van der Waals surface area contributed by atoms with E-state index in [1.165, 1.54) is 18.2 Å². The van der Waals surface area contributed by atoms with Gasteiger partial charge < -0.3 is 10.6 Å². The summed E-state index contributed by atoms with van der Waals surface area (Å²) in [5.74, 6) is 4.89. The summed E-state index contributed by atoms with van der Waals surface area (Å²) in [6.45, 7) is 2.21. The van der Waals surface area contributed by atoms with Crippen molar-refractivity contribution in [1.82, 2.24) is 10.6 Å². The van der Waals surface area contributed by atoms with Crippen LogP contribution < -0.4 is 10.6 Å². The summed E-state index contributed by atoms with van der Waals surface area (Å²) in [6.07, 6.45) is -4.43. The van der Waals surface area contributed by atoms with Crippen LogP contribution >= 0.6 is 0 Å². The molecule has 19 heavy (non-hydrogen) atoms. The van der Waals surface area contributed by atoms with Gasteiger partial charge >= 0.3 is 12.2 Å². The highest BCUT2D eigenvalue weighted by atomic mass is 19.4. The van der Waals surface area contributed by atoms with Crippen molar-refractivity contribution in [3.63, 3.8) is 0 Å². The monoisotopic (exact) mass is 270 g/mol. The standard InChI is InChI=1S/C13H13F3N2O/c1-2-17-12(19)18-9-5-7-10-6-3-4-8-11(10)13(14,15)16/h3-4,6,8H,2,9H2,1H3,(H2,17,18,19). The van der Waals surface area contributed by atoms with Gasteiger partial charge in [-0.05, 0) is 19.1 Å². The van der Waals surface area contributed by atoms with Crippen molar-refractivity contribution in [2.75, 3.05) is 13.1 Å². The molecule has 3 nitrogen and oxygen atoms in total. The molecule has 0 spiro atoms. The Morgan fingerprint density at radius 2 is 1.95 bits per heavy atom. The number of urea groups is 1. The summed E-state index contributed by atoms with van der Waals surface area (Å²) in [5, 5.41) is 4.89. The quantitative estimate of drug-likeness (QED) is 0.796. The van der Waals surface area contributed by atoms with Crippen molar-refractivity contribution >= 4 is 6.03 Å². The van der Waals surface area contributed by atoms with Crippen LogP contribution in [0, 0.1) is 11.8 Å². The van der Waals surface area contributed by atoms with E-state index >= 15 is 0 Å². The van der Waals surface area contributed by atoms with Gasteiger partial charge in [-0.15, -0.1) is 0 Å². The molecule has 1 rings (SSSR count). The summed E-state index contributed by atoms with van der Waals surface area (Å²) in [5.41, 5.74) is -0.881. The highest BCUT2D eigenvalue weighted by molar-refractivity contribution is 5.74. The van der Waals surface area contributed by atoms with Crippen LogP contribution in [0.25, 0.3) is 0 Å². The van der Waals surface area contributed by atoms with Gasteiger partial charge in [-0.25, -0.2) is 4.79 Å². The van der Waals surface area contributed by atoms with E-state index in [0.29, 0.717) is 6.54 Å². The molecule has 2 amide bonds. The van der Waals surface area contributed by atoms with Gasteiger partial charge in [-0.2, -0.15) is 13.2 Å². The molecule has 0 aliphatic carbocycles. The third kappa shape index (κ3) is 4.92. The Kier molecular flexibility index (Phi) is 5.24. The summed E-state index contributed by atoms with van der Waals surface area (Å²) in [7, 11) is 0. The van der Waals surface area contributed by atoms with Crippen molar-refractivity contribution < 1.29 is 18.0 Å². The van der Waals surface area contributed by atoms with Crippen LogP contribution in [-0.2, 0) is 6.18 Å². The number of nitrogens with one attached hydrogen (secondary N) is 2. The van der Waals surface area contributed by atoms with Crippen LogP contribution in [0.2, 0.25) is 0 Å². The van der Waals surface area contributed by atoms with Gasteiger partial charge in [-0.1, -0.05) is 24.0 Å². The molecule has 102 valence electrons. The maximum atomic E-state index is 12.6. The van der Waals surface area contributed by atoms with Gasteiger partial charge in [0.05, 0.1) is 12.1 Å². The lowest BCUT2D eigenvalue weighted by Gasteiger charge is -2.08. The van der Waals surface area contributed by atoms with Crippen LogP contribution in [0.1, 0.15) is 18.1 Å². The molecule has 0 fully saturated rings. The number of hydrogen-bond acceptors (Lipinski definition) is 1. The number of alkyl halides is 3. The fourth-order valence-electron chi connectivity index (χ4n) is 1.33. The zero-order chi connectivity index (χ0) is 14.3. The number of benzene rings is 1. The van der Waals surface area contributed by atoms with E-state index in [0.717, 1.165) is 6.07 Å². The number of halogens is 3. The first-order valence-electron chi connectivity index (χ1n) is 5.62. The molecule has 1 aromatic carbocycles. The molecule has 0 aliphatic heterocycles. The van der Waals surface area contributed by atoms with Crippen LogP contribution in [-0.4, -0.2) is 19.1 Å². The summed E-state index contributed by atoms with van der Waals surface area (Å²) >= 11 is 0. The second kappa shape index (κ2) is 6.69. The third-order valence-corrected chi connectivity index (χ3v) is 2.13. The van der Waals surface area contributed by atoms with E-state index in [1.54, 1.807) is 6.92 Å². The summed E-state index contributed by atoms with van der Waals surface area (Å²) in [6, 6.07) is 4.65. The van der Waals surface area contributed by atoms with Crippen molar-refractivity contribution in [3.05, 3.63) is 35.4 Å². The first kappa shape index (κ1) is 14.9. The lowest BCUT2D eigenvalue weighted by atomic mass is 10.1. The van der Waals surface area contributed by atoms with E-state index in [2.05, 4.69) is 22.5 Å². The van der Waals surface area contributed by atoms with Crippen LogP contribution in [0.4, 0.5) is 18.0 Å². The number of hydrogen-bond donors (Lipinski definition) is 2. The second-order valence-corrected chi connectivity index (χ2v) is 3.56. The minimum atomic E-state index is -4.43. The molecule has 0 heterocycles. The molecule has 2 N–H and O–H groups in total. The van der Waals surface area contributed by atoms with Crippen molar-refractivity contribution in [1.29, 1.82) is 0 Å². The Morgan fingerprint density at radius 1 is 1.26 bits per heavy atom. The molecule has 0 bridgehead atoms. The topological polar surface area (TPSA) is 41.1 Å². The zero-order valence-corrected chi connectivity index (χ0v) is 10.3. The largest absolute Gasteiger partial charge is 0.417 e. The average molecular weight is 270 g/mol. The van der Waals surface area contributed by atoms with Crippen molar-refractivity contribution in [2.45, 2.75) is 13.1 Å². The van der Waals surface area contributed by atoms with Crippen molar-refractivity contribution in [2.24, 2.45) is 0 Å². The van der Waals surface area contributed by atoms with Gasteiger partial charge in [0, 0.05) is 12.1 Å². The molecule has 6 heteroatoms. The SMILES string of the molecule is CCNC(=O)NCC#Cc1ccccc1C(F)(F)F. The lowest BCUT2D eigenvalue weighted by Crippen LogP contribution is -2.35. The smallest absolute Gasteiger partial charge is 0.338 e. The Balaban J connectivity index is 2.71. The fourth-order valence-corrected chi connectivity index (χ4v) is 1.33. The normalized spacial score (nSPS) is 10.3. The van der Waals surface area contributed by atoms with Gasteiger partial charge in [-0.3, -0.25) is 0 Å². The Labute approximate surface area is 109 Å². The molecular weight excluding hydrogens is 257 g/mol. The molecule has 0 atom stereocenters. The fraction of sp³-hybridized carbons (Fsp3) is 0.308. The minimum Gasteiger partial charge on any atom is -0.338 e. The maximum Gasteiger partial charge on any atom is 0.417 e. The molecule has 0 radical (unpaired) electrons. The second-order valence-electron chi connectivity index (χ2n) is 3.56. The molecule has 0 saturated heterocycles. The van der Waals surface area contributed by atoms with Gasteiger partial charge in [0.15, 0.2) is 0 Å². The number of amides is 2. The van der Waals surface area contributed by atoms with Crippen LogP contribution in [0.5, 0.6) is 0 Å². The zero-order valence-electron chi connectivity index (χ0n) is 10.3. The van der Waals surface area contributed by atoms with Crippen molar-refractivity contribution in [3.8, 4) is 11.8 Å². The predicted octanol–water partition coefficient (Wildman–Crippen LogP) is 2.38. The molecule has 0 unspecified atom stereocenters. The van der Waals surface area contributed by atoms with E-state index in [-0.39, 0.29) is 12.1 Å². The molecule has 1 aromatic rings. The first-order chi connectivity index (χ1) is 8.95. The van der Waals surface area contributed by atoms with E-state index < -0.39 is 17.8 Å². The Bertz CT molecular complexity index is 501. The predicted molar refractivity (Wildman–Crippen MR) is 65.4 cm³/mol. The Hall–Kier alpha value is -2.16. The van der Waals surface area contributed by atoms with Crippen LogP contribution in [0.15, 0.2) is 24.3 Å². The van der Waals surface area contributed by atoms with E-state index in [9.17, 15) is 18.0 Å². The lowest BCUT2D eigenvalue weighted by molar-refractivity contribution is -0.137. The number of carbonyl (C=O) groups is 1. The molecule has 0 aliphatic rings. The third-order valence-electron chi connectivity index (χ3n) is 2.13. The average Bonchev–Trinajstić information content (AvgIpc) is 2.34. The number of rotatable bonds is 2. The molecule has 0 aromatic heterocycles. The number of carbonyl (C=O) groups excluding carboxylic acids is 1. The van der Waals surface area contributed by atoms with Crippen LogP contribution in [0.3, 0.4) is 0 Å². The highest BCUT2D eigenvalue weighted by Crippen LogP contribution is 2.31. The Morgan fingerprint density at radius 3 is 2.58 bits per heavy atom. The van der Waals surface area contributed by atoms with Gasteiger partial charge in [0.1, 0.15) is 0 Å². The van der Waals surface area contributed by atoms with E-state index in [4.69, 9.17) is 0 Å². The highest BCUT2D eigenvalue weighted by Gasteiger charge is 2.32. The van der Waals surface area contributed by atoms with Gasteiger partial charge in [0.25, 0.3) is 0 Å². The minimum absolute atomic E-state index is 0.0158.